The average molecular weight is 246 g/mol. The highest BCUT2D eigenvalue weighted by atomic mass is 35.5. The molecule has 0 bridgehead atoms. The van der Waals surface area contributed by atoms with Gasteiger partial charge in [-0.1, -0.05) is 12.1 Å². The van der Waals surface area contributed by atoms with Gasteiger partial charge in [0.05, 0.1) is 5.41 Å². The van der Waals surface area contributed by atoms with Crippen LogP contribution in [0.25, 0.3) is 0 Å². The average Bonchev–Trinajstić information content (AvgIpc) is 2.78. The Labute approximate surface area is 99.6 Å². The first-order chi connectivity index (χ1) is 7.47. The molecule has 90 valence electrons. The second-order valence-corrected chi connectivity index (χ2v) is 4.69. The number of carbonyl (C=O) groups excluding carboxylic acids is 1. The first-order valence-corrected chi connectivity index (χ1v) is 5.61. The lowest BCUT2D eigenvalue weighted by molar-refractivity contribution is -0.128. The molecule has 0 radical (unpaired) electrons. The second kappa shape index (κ2) is 5.30. The number of aromatic nitrogens is 2. The van der Waals surface area contributed by atoms with E-state index in [1.165, 1.54) is 6.39 Å². The fourth-order valence-electron chi connectivity index (χ4n) is 1.03. The van der Waals surface area contributed by atoms with E-state index in [-0.39, 0.29) is 17.7 Å². The molecule has 0 spiro atoms. The minimum absolute atomic E-state index is 0.0221. The third-order valence-corrected chi connectivity index (χ3v) is 3.00. The summed E-state index contributed by atoms with van der Waals surface area (Å²) in [5.41, 5.74) is -0.557. The maximum Gasteiger partial charge on any atom is 0.226 e. The van der Waals surface area contributed by atoms with Crippen LogP contribution < -0.4 is 5.32 Å². The van der Waals surface area contributed by atoms with Gasteiger partial charge in [0, 0.05) is 18.3 Å². The molecule has 1 aromatic heterocycles. The van der Waals surface area contributed by atoms with Gasteiger partial charge < -0.3 is 9.84 Å². The van der Waals surface area contributed by atoms with E-state index in [0.717, 1.165) is 0 Å². The number of amides is 1. The van der Waals surface area contributed by atoms with Gasteiger partial charge >= 0.3 is 0 Å². The van der Waals surface area contributed by atoms with E-state index in [2.05, 4.69) is 20.0 Å². The maximum absolute atomic E-state index is 11.7. The lowest BCUT2D eigenvalue weighted by Crippen LogP contribution is -2.39. The zero-order valence-electron chi connectivity index (χ0n) is 9.66. The lowest BCUT2D eigenvalue weighted by Gasteiger charge is -2.21. The van der Waals surface area contributed by atoms with Crippen LogP contribution in [0.2, 0.25) is 0 Å². The fraction of sp³-hybridized carbons (Fsp3) is 0.700. The molecule has 0 aromatic carbocycles. The van der Waals surface area contributed by atoms with Crippen molar-refractivity contribution in [2.45, 2.75) is 26.7 Å². The van der Waals surface area contributed by atoms with Crippen LogP contribution in [0.5, 0.6) is 0 Å². The number of halogens is 1. The molecule has 1 heterocycles. The predicted octanol–water partition coefficient (Wildman–Crippen LogP) is 1.55. The highest BCUT2D eigenvalue weighted by molar-refractivity contribution is 6.19. The monoisotopic (exact) mass is 245 g/mol. The molecular weight excluding hydrogens is 230 g/mol. The molecule has 0 aliphatic rings. The van der Waals surface area contributed by atoms with Crippen LogP contribution in [0.15, 0.2) is 10.9 Å². The van der Waals surface area contributed by atoms with Gasteiger partial charge in [0.2, 0.25) is 12.3 Å². The first kappa shape index (κ1) is 13.0. The standard InChI is InChI=1S/C10H16ClN3O2/c1-7(8-13-6-16-14-8)4-12-9(15)10(2,3)5-11/h6-7H,4-5H2,1-3H3,(H,12,15). The van der Waals surface area contributed by atoms with Crippen molar-refractivity contribution in [3.8, 4) is 0 Å². The van der Waals surface area contributed by atoms with E-state index in [9.17, 15) is 4.79 Å². The zero-order valence-corrected chi connectivity index (χ0v) is 10.4. The summed E-state index contributed by atoms with van der Waals surface area (Å²) in [6, 6.07) is 0. The Balaban J connectivity index is 2.44. The number of nitrogens with zero attached hydrogens (tertiary/aromatic N) is 2. The van der Waals surface area contributed by atoms with Crippen molar-refractivity contribution in [1.29, 1.82) is 0 Å². The van der Waals surface area contributed by atoms with E-state index in [4.69, 9.17) is 11.6 Å². The summed E-state index contributed by atoms with van der Waals surface area (Å²) in [5, 5.41) is 6.53. The Morgan fingerprint density at radius 2 is 2.38 bits per heavy atom. The number of carbonyl (C=O) groups is 1. The quantitative estimate of drug-likeness (QED) is 0.800. The van der Waals surface area contributed by atoms with Crippen molar-refractivity contribution in [1.82, 2.24) is 15.5 Å². The summed E-state index contributed by atoms with van der Waals surface area (Å²) in [4.78, 5) is 15.6. The third kappa shape index (κ3) is 3.20. The second-order valence-electron chi connectivity index (χ2n) is 4.42. The van der Waals surface area contributed by atoms with Gasteiger partial charge in [-0.15, -0.1) is 11.6 Å². The Bertz CT molecular complexity index is 338. The molecule has 1 unspecified atom stereocenters. The van der Waals surface area contributed by atoms with Crippen molar-refractivity contribution >= 4 is 17.5 Å². The predicted molar refractivity (Wildman–Crippen MR) is 60.2 cm³/mol. The molecule has 1 atom stereocenters. The van der Waals surface area contributed by atoms with Crippen LogP contribution >= 0.6 is 11.6 Å². The Kier molecular flexibility index (Phi) is 4.29. The minimum atomic E-state index is -0.557. The van der Waals surface area contributed by atoms with Crippen LogP contribution in [-0.4, -0.2) is 28.5 Å². The van der Waals surface area contributed by atoms with Gasteiger partial charge in [-0.25, -0.2) is 0 Å². The largest absolute Gasteiger partial charge is 0.355 e. The maximum atomic E-state index is 11.7. The van der Waals surface area contributed by atoms with Gasteiger partial charge in [0.1, 0.15) is 0 Å². The lowest BCUT2D eigenvalue weighted by atomic mass is 9.95. The number of alkyl halides is 1. The van der Waals surface area contributed by atoms with Gasteiger partial charge in [-0.3, -0.25) is 4.79 Å². The summed E-state index contributed by atoms with van der Waals surface area (Å²) in [6.45, 7) is 5.99. The molecular formula is C10H16ClN3O2. The van der Waals surface area contributed by atoms with Crippen LogP contribution in [0.1, 0.15) is 32.5 Å². The zero-order chi connectivity index (χ0) is 12.2. The van der Waals surface area contributed by atoms with E-state index >= 15 is 0 Å². The van der Waals surface area contributed by atoms with Crippen LogP contribution in [0.4, 0.5) is 0 Å². The smallest absolute Gasteiger partial charge is 0.226 e. The highest BCUT2D eigenvalue weighted by Gasteiger charge is 2.26. The van der Waals surface area contributed by atoms with Crippen LogP contribution in [0.3, 0.4) is 0 Å². The van der Waals surface area contributed by atoms with E-state index in [0.29, 0.717) is 12.4 Å². The molecule has 1 amide bonds. The van der Waals surface area contributed by atoms with E-state index < -0.39 is 5.41 Å². The van der Waals surface area contributed by atoms with Crippen molar-refractivity contribution in [3.63, 3.8) is 0 Å². The molecule has 1 rings (SSSR count). The summed E-state index contributed by atoms with van der Waals surface area (Å²) in [5.74, 6) is 0.825. The minimum Gasteiger partial charge on any atom is -0.355 e. The van der Waals surface area contributed by atoms with Gasteiger partial charge in [0.25, 0.3) is 0 Å². The Morgan fingerprint density at radius 3 is 2.88 bits per heavy atom. The summed E-state index contributed by atoms with van der Waals surface area (Å²) < 4.78 is 4.64. The van der Waals surface area contributed by atoms with Gasteiger partial charge in [-0.05, 0) is 13.8 Å². The molecule has 1 N–H and O–H groups in total. The molecule has 0 aliphatic carbocycles. The number of rotatable bonds is 5. The summed E-state index contributed by atoms with van der Waals surface area (Å²) in [6.07, 6.45) is 1.27. The fourth-order valence-corrected chi connectivity index (χ4v) is 1.15. The van der Waals surface area contributed by atoms with E-state index in [1.54, 1.807) is 13.8 Å². The third-order valence-electron chi connectivity index (χ3n) is 2.34. The highest BCUT2D eigenvalue weighted by Crippen LogP contribution is 2.17. The Hall–Kier alpha value is -1.10. The summed E-state index contributed by atoms with van der Waals surface area (Å²) in [7, 11) is 0. The molecule has 0 aliphatic heterocycles. The van der Waals surface area contributed by atoms with Crippen molar-refractivity contribution in [3.05, 3.63) is 12.2 Å². The first-order valence-electron chi connectivity index (χ1n) is 5.08. The van der Waals surface area contributed by atoms with E-state index in [1.807, 2.05) is 6.92 Å². The summed E-state index contributed by atoms with van der Waals surface area (Å²) >= 11 is 5.70. The van der Waals surface area contributed by atoms with Gasteiger partial charge in [0.15, 0.2) is 5.82 Å². The van der Waals surface area contributed by atoms with Crippen molar-refractivity contribution in [2.24, 2.45) is 5.41 Å². The molecule has 0 saturated carbocycles. The molecule has 16 heavy (non-hydrogen) atoms. The SMILES string of the molecule is CC(CNC(=O)C(C)(C)CCl)c1ncon1. The van der Waals surface area contributed by atoms with Crippen LogP contribution in [-0.2, 0) is 4.79 Å². The molecule has 0 fully saturated rings. The van der Waals surface area contributed by atoms with Crippen molar-refractivity contribution < 1.29 is 9.32 Å². The van der Waals surface area contributed by atoms with Crippen molar-refractivity contribution in [2.75, 3.05) is 12.4 Å². The molecule has 0 saturated heterocycles. The molecule has 6 heteroatoms. The molecule has 1 aromatic rings. The number of hydrogen-bond donors (Lipinski definition) is 1. The molecule has 5 nitrogen and oxygen atoms in total. The van der Waals surface area contributed by atoms with Gasteiger partial charge in [-0.2, -0.15) is 4.98 Å². The normalized spacial score (nSPS) is 13.5. The number of hydrogen-bond acceptors (Lipinski definition) is 4. The van der Waals surface area contributed by atoms with Crippen LogP contribution in [0, 0.1) is 5.41 Å². The Morgan fingerprint density at radius 1 is 1.69 bits per heavy atom. The topological polar surface area (TPSA) is 68.0 Å². The number of nitrogens with one attached hydrogen (secondary N) is 1.